The van der Waals surface area contributed by atoms with Gasteiger partial charge in [-0.1, -0.05) is 0 Å². The minimum atomic E-state index is -3.35. The number of hydrogen-bond donors (Lipinski definition) is 2. The van der Waals surface area contributed by atoms with E-state index in [2.05, 4.69) is 15.0 Å². The second kappa shape index (κ2) is 6.21. The van der Waals surface area contributed by atoms with Crippen molar-refractivity contribution in [2.24, 2.45) is 0 Å². The highest BCUT2D eigenvalue weighted by molar-refractivity contribution is 7.93. The second-order valence-corrected chi connectivity index (χ2v) is 6.39. The van der Waals surface area contributed by atoms with Crippen molar-refractivity contribution in [3.8, 4) is 5.88 Å². The molecule has 0 bridgehead atoms. The predicted octanol–water partition coefficient (Wildman–Crippen LogP) is 0.974. The minimum absolute atomic E-state index is 0.382. The molecule has 0 aliphatic carbocycles. The molecule has 1 unspecified atom stereocenters. The van der Waals surface area contributed by atoms with Crippen LogP contribution in [0.25, 0.3) is 0 Å². The maximum absolute atomic E-state index is 12.2. The van der Waals surface area contributed by atoms with Gasteiger partial charge in [0.2, 0.25) is 15.9 Å². The predicted molar refractivity (Wildman–Crippen MR) is 73.8 cm³/mol. The summed E-state index contributed by atoms with van der Waals surface area (Å²) in [6.45, 7) is 3.79. The number of piperidine rings is 1. The van der Waals surface area contributed by atoms with Gasteiger partial charge in [-0.3, -0.25) is 4.72 Å². The zero-order valence-electron chi connectivity index (χ0n) is 10.9. The van der Waals surface area contributed by atoms with Gasteiger partial charge in [-0.15, -0.1) is 0 Å². The first-order valence-corrected chi connectivity index (χ1v) is 7.97. The average Bonchev–Trinajstić information content (AvgIpc) is 2.42. The molecule has 1 aliphatic rings. The van der Waals surface area contributed by atoms with E-state index in [9.17, 15) is 8.42 Å². The monoisotopic (exact) mass is 285 g/mol. The molecule has 2 N–H and O–H groups in total. The zero-order chi connectivity index (χ0) is 13.7. The maximum atomic E-state index is 12.2. The summed E-state index contributed by atoms with van der Waals surface area (Å²) < 4.78 is 32.1. The summed E-state index contributed by atoms with van der Waals surface area (Å²) in [5, 5.41) is 2.72. The molecule has 1 aromatic rings. The standard InChI is InChI=1S/C12H19N3O3S/c1-2-18-12-6-5-10(8-14-12)15-19(16,17)11-4-3-7-13-9-11/h5-6,8,11,13,15H,2-4,7,9H2,1H3. The van der Waals surface area contributed by atoms with Gasteiger partial charge < -0.3 is 10.1 Å². The molecule has 6 nitrogen and oxygen atoms in total. The lowest BCUT2D eigenvalue weighted by molar-refractivity contribution is 0.327. The van der Waals surface area contributed by atoms with E-state index >= 15 is 0 Å². The van der Waals surface area contributed by atoms with Crippen molar-refractivity contribution in [3.05, 3.63) is 18.3 Å². The Labute approximate surface area is 113 Å². The number of aromatic nitrogens is 1. The van der Waals surface area contributed by atoms with Crippen LogP contribution >= 0.6 is 0 Å². The molecular formula is C12H19N3O3S. The lowest BCUT2D eigenvalue weighted by Gasteiger charge is -2.23. The molecule has 1 atom stereocenters. The third kappa shape index (κ3) is 3.81. The first kappa shape index (κ1) is 14.1. The van der Waals surface area contributed by atoms with Gasteiger partial charge in [-0.25, -0.2) is 13.4 Å². The molecule has 1 saturated heterocycles. The second-order valence-electron chi connectivity index (χ2n) is 4.43. The van der Waals surface area contributed by atoms with E-state index in [4.69, 9.17) is 4.74 Å². The molecule has 0 spiro atoms. The van der Waals surface area contributed by atoms with Crippen LogP contribution in [0.1, 0.15) is 19.8 Å². The number of anilines is 1. The molecule has 106 valence electrons. The Morgan fingerprint density at radius 1 is 1.53 bits per heavy atom. The Kier molecular flexibility index (Phi) is 4.60. The Morgan fingerprint density at radius 2 is 2.37 bits per heavy atom. The lowest BCUT2D eigenvalue weighted by Crippen LogP contribution is -2.41. The lowest BCUT2D eigenvalue weighted by atomic mass is 10.2. The van der Waals surface area contributed by atoms with Crippen molar-refractivity contribution in [1.82, 2.24) is 10.3 Å². The van der Waals surface area contributed by atoms with Crippen molar-refractivity contribution >= 4 is 15.7 Å². The number of sulfonamides is 1. The Morgan fingerprint density at radius 3 is 2.95 bits per heavy atom. The van der Waals surface area contributed by atoms with Crippen LogP contribution < -0.4 is 14.8 Å². The molecule has 0 saturated carbocycles. The Bertz CT molecular complexity index is 495. The van der Waals surface area contributed by atoms with Crippen LogP contribution in [0, 0.1) is 0 Å². The van der Waals surface area contributed by atoms with Gasteiger partial charge in [-0.2, -0.15) is 0 Å². The highest BCUT2D eigenvalue weighted by Crippen LogP contribution is 2.17. The van der Waals surface area contributed by atoms with Crippen LogP contribution in [-0.4, -0.2) is 38.3 Å². The normalized spacial score (nSPS) is 19.9. The third-order valence-electron chi connectivity index (χ3n) is 2.98. The van der Waals surface area contributed by atoms with Crippen LogP contribution in [0.5, 0.6) is 5.88 Å². The van der Waals surface area contributed by atoms with Gasteiger partial charge >= 0.3 is 0 Å². The van der Waals surface area contributed by atoms with Crippen molar-refractivity contribution in [3.63, 3.8) is 0 Å². The number of ether oxygens (including phenoxy) is 1. The van der Waals surface area contributed by atoms with Gasteiger partial charge in [-0.05, 0) is 32.4 Å². The average molecular weight is 285 g/mol. The summed E-state index contributed by atoms with van der Waals surface area (Å²) in [5.41, 5.74) is 0.467. The zero-order valence-corrected chi connectivity index (χ0v) is 11.7. The highest BCUT2D eigenvalue weighted by Gasteiger charge is 2.27. The minimum Gasteiger partial charge on any atom is -0.478 e. The first-order valence-electron chi connectivity index (χ1n) is 6.43. The Hall–Kier alpha value is -1.34. The van der Waals surface area contributed by atoms with E-state index in [1.807, 2.05) is 6.92 Å². The molecule has 0 radical (unpaired) electrons. The molecule has 1 aromatic heterocycles. The van der Waals surface area contributed by atoms with Gasteiger partial charge in [0.1, 0.15) is 0 Å². The van der Waals surface area contributed by atoms with E-state index in [-0.39, 0.29) is 5.25 Å². The number of rotatable bonds is 5. The van der Waals surface area contributed by atoms with Gasteiger partial charge in [0.05, 0.1) is 23.7 Å². The van der Waals surface area contributed by atoms with Crippen LogP contribution in [0.2, 0.25) is 0 Å². The van der Waals surface area contributed by atoms with Crippen molar-refractivity contribution in [2.45, 2.75) is 25.0 Å². The maximum Gasteiger partial charge on any atom is 0.236 e. The van der Waals surface area contributed by atoms with Crippen molar-refractivity contribution in [1.29, 1.82) is 0 Å². The fourth-order valence-corrected chi connectivity index (χ4v) is 3.44. The van der Waals surface area contributed by atoms with E-state index < -0.39 is 10.0 Å². The summed E-state index contributed by atoms with van der Waals surface area (Å²) in [7, 11) is -3.35. The molecule has 7 heteroatoms. The van der Waals surface area contributed by atoms with Gasteiger partial charge in [0, 0.05) is 12.6 Å². The topological polar surface area (TPSA) is 80.3 Å². The summed E-state index contributed by atoms with van der Waals surface area (Å²) in [5.74, 6) is 0.491. The highest BCUT2D eigenvalue weighted by atomic mass is 32.2. The summed E-state index contributed by atoms with van der Waals surface area (Å²) >= 11 is 0. The molecule has 2 rings (SSSR count). The largest absolute Gasteiger partial charge is 0.478 e. The summed E-state index contributed by atoms with van der Waals surface area (Å²) in [4.78, 5) is 4.03. The number of nitrogens with zero attached hydrogens (tertiary/aromatic N) is 1. The third-order valence-corrected chi connectivity index (χ3v) is 4.78. The fourth-order valence-electron chi connectivity index (χ4n) is 2.01. The van der Waals surface area contributed by atoms with Crippen LogP contribution in [-0.2, 0) is 10.0 Å². The van der Waals surface area contributed by atoms with Gasteiger partial charge in [0.25, 0.3) is 0 Å². The molecular weight excluding hydrogens is 266 g/mol. The molecule has 0 amide bonds. The smallest absolute Gasteiger partial charge is 0.236 e. The van der Waals surface area contributed by atoms with E-state index in [1.54, 1.807) is 12.1 Å². The molecule has 1 fully saturated rings. The van der Waals surface area contributed by atoms with Gasteiger partial charge in [0.15, 0.2) is 0 Å². The van der Waals surface area contributed by atoms with Crippen LogP contribution in [0.4, 0.5) is 5.69 Å². The molecule has 2 heterocycles. The first-order chi connectivity index (χ1) is 9.12. The Balaban J connectivity index is 2.02. The number of hydrogen-bond acceptors (Lipinski definition) is 5. The van der Waals surface area contributed by atoms with Crippen molar-refractivity contribution in [2.75, 3.05) is 24.4 Å². The van der Waals surface area contributed by atoms with E-state index in [1.165, 1.54) is 6.20 Å². The van der Waals surface area contributed by atoms with Crippen molar-refractivity contribution < 1.29 is 13.2 Å². The summed E-state index contributed by atoms with van der Waals surface area (Å²) in [6.07, 6.45) is 3.04. The molecule has 19 heavy (non-hydrogen) atoms. The SMILES string of the molecule is CCOc1ccc(NS(=O)(=O)C2CCCNC2)cn1. The van der Waals surface area contributed by atoms with Crippen LogP contribution in [0.15, 0.2) is 18.3 Å². The molecule has 0 aromatic carbocycles. The number of pyridine rings is 1. The number of nitrogens with one attached hydrogen (secondary N) is 2. The van der Waals surface area contributed by atoms with Crippen LogP contribution in [0.3, 0.4) is 0 Å². The quantitative estimate of drug-likeness (QED) is 0.843. The summed E-state index contributed by atoms with van der Waals surface area (Å²) in [6, 6.07) is 3.31. The van der Waals surface area contributed by atoms with E-state index in [0.29, 0.717) is 31.1 Å². The fraction of sp³-hybridized carbons (Fsp3) is 0.583. The van der Waals surface area contributed by atoms with E-state index in [0.717, 1.165) is 13.0 Å². The molecule has 1 aliphatic heterocycles.